The van der Waals surface area contributed by atoms with E-state index in [-0.39, 0.29) is 0 Å². The van der Waals surface area contributed by atoms with Crippen LogP contribution in [0.2, 0.25) is 0 Å². The predicted molar refractivity (Wildman–Crippen MR) is 281 cm³/mol. The van der Waals surface area contributed by atoms with Gasteiger partial charge in [-0.15, -0.1) is 0 Å². The van der Waals surface area contributed by atoms with E-state index >= 15 is 0 Å². The van der Waals surface area contributed by atoms with Gasteiger partial charge in [0.1, 0.15) is 0 Å². The normalized spacial score (nSPS) is 11.9. The average Bonchev–Trinajstić information content (AvgIpc) is 3.39. The minimum absolute atomic E-state index is 0.986. The molecule has 0 saturated carbocycles. The molecule has 2 heterocycles. The maximum Gasteiger partial charge on any atom is 0.0708 e. The van der Waals surface area contributed by atoms with Crippen molar-refractivity contribution in [2.75, 3.05) is 0 Å². The van der Waals surface area contributed by atoms with Crippen LogP contribution in [0.3, 0.4) is 0 Å². The summed E-state index contributed by atoms with van der Waals surface area (Å²) in [7, 11) is 0. The molecule has 0 fully saturated rings. The Kier molecular flexibility index (Phi) is 8.02. The van der Waals surface area contributed by atoms with Gasteiger partial charge in [0.25, 0.3) is 0 Å². The summed E-state index contributed by atoms with van der Waals surface area (Å²) in [5.41, 5.74) is 11.7. The first-order valence-corrected chi connectivity index (χ1v) is 22.7. The van der Waals surface area contributed by atoms with Crippen LogP contribution >= 0.6 is 0 Å². The third-order valence-electron chi connectivity index (χ3n) is 14.1. The van der Waals surface area contributed by atoms with Crippen LogP contribution in [0.1, 0.15) is 0 Å². The molecule has 0 spiro atoms. The second-order valence-electron chi connectivity index (χ2n) is 17.5. The van der Waals surface area contributed by atoms with Crippen LogP contribution in [0.15, 0.2) is 231 Å². The average molecular weight is 835 g/mol. The van der Waals surface area contributed by atoms with Crippen molar-refractivity contribution >= 4 is 97.2 Å². The standard InChI is InChI=1S/C64H38N2/c1-3-21-41-39(17-1)19-15-31-45(41)61-49-27-9-7-25-47(49)59(55-37-65-57-33-13-11-29-53(57)63(55)61)51-35-36-52(44-24-6-5-23-43(44)51)60-48-26-8-10-28-50(48)62(46-32-16-20-40-18-2-4-22-42(40)46)64-54-30-12-14-34-58(54)66-38-56(60)64/h1-38H. The van der Waals surface area contributed by atoms with Gasteiger partial charge >= 0.3 is 0 Å². The van der Waals surface area contributed by atoms with Crippen molar-refractivity contribution < 1.29 is 0 Å². The number of pyridine rings is 2. The molecule has 66 heavy (non-hydrogen) atoms. The first-order valence-electron chi connectivity index (χ1n) is 22.7. The zero-order valence-corrected chi connectivity index (χ0v) is 35.8. The van der Waals surface area contributed by atoms with Crippen molar-refractivity contribution in [3.05, 3.63) is 231 Å². The van der Waals surface area contributed by atoms with Crippen LogP contribution in [0.4, 0.5) is 0 Å². The lowest BCUT2D eigenvalue weighted by Crippen LogP contribution is -1.96. The van der Waals surface area contributed by atoms with Crippen LogP contribution in [0, 0.1) is 0 Å². The van der Waals surface area contributed by atoms with Gasteiger partial charge in [0.15, 0.2) is 0 Å². The molecule has 0 bridgehead atoms. The summed E-state index contributed by atoms with van der Waals surface area (Å²) in [6, 6.07) is 79.9. The summed E-state index contributed by atoms with van der Waals surface area (Å²) >= 11 is 0. The molecule has 0 saturated heterocycles. The number of rotatable bonds is 4. The highest BCUT2D eigenvalue weighted by Crippen LogP contribution is 2.52. The molecule has 14 rings (SSSR count). The third-order valence-corrected chi connectivity index (χ3v) is 14.1. The Morgan fingerprint density at radius 1 is 0.197 bits per heavy atom. The van der Waals surface area contributed by atoms with Gasteiger partial charge < -0.3 is 0 Å². The Morgan fingerprint density at radius 2 is 0.500 bits per heavy atom. The SMILES string of the molecule is c1ccc2c(-c3c4ccccc4c(-c4ccc(-c5c6ccccc6c(-c6cccc7ccccc67)c6c5cnc5ccccc56)c5ccccc45)c4cnc5ccccc5c34)cccc2c1. The minimum atomic E-state index is 0.986. The van der Waals surface area contributed by atoms with Gasteiger partial charge in [0.2, 0.25) is 0 Å². The van der Waals surface area contributed by atoms with Crippen LogP contribution in [0.25, 0.3) is 142 Å². The second kappa shape index (κ2) is 14.4. The molecular formula is C64H38N2. The summed E-state index contributed by atoms with van der Waals surface area (Å²) in [6.07, 6.45) is 4.25. The molecular weight excluding hydrogens is 797 g/mol. The molecule has 0 aliphatic carbocycles. The molecule has 0 N–H and O–H groups in total. The summed E-state index contributed by atoms with van der Waals surface area (Å²) in [6.45, 7) is 0. The molecule has 0 atom stereocenters. The van der Waals surface area contributed by atoms with Crippen LogP contribution < -0.4 is 0 Å². The Bertz CT molecular complexity index is 4060. The van der Waals surface area contributed by atoms with Crippen LogP contribution in [0.5, 0.6) is 0 Å². The van der Waals surface area contributed by atoms with Gasteiger partial charge in [0, 0.05) is 44.7 Å². The number of para-hydroxylation sites is 2. The molecule has 0 aliphatic heterocycles. The molecule has 0 amide bonds. The van der Waals surface area contributed by atoms with Gasteiger partial charge in [-0.2, -0.15) is 0 Å². The minimum Gasteiger partial charge on any atom is -0.256 e. The quantitative estimate of drug-likeness (QED) is 0.130. The molecule has 12 aromatic carbocycles. The van der Waals surface area contributed by atoms with E-state index in [9.17, 15) is 0 Å². The largest absolute Gasteiger partial charge is 0.256 e. The molecule has 2 heteroatoms. The third kappa shape index (κ3) is 5.30. The van der Waals surface area contributed by atoms with Crippen LogP contribution in [-0.4, -0.2) is 9.97 Å². The Labute approximate surface area is 380 Å². The van der Waals surface area contributed by atoms with E-state index in [0.717, 1.165) is 32.6 Å². The maximum atomic E-state index is 5.18. The molecule has 14 aromatic rings. The van der Waals surface area contributed by atoms with Crippen molar-refractivity contribution in [2.24, 2.45) is 0 Å². The van der Waals surface area contributed by atoms with E-state index in [1.165, 1.54) is 109 Å². The van der Waals surface area contributed by atoms with Crippen molar-refractivity contribution in [2.45, 2.75) is 0 Å². The lowest BCUT2D eigenvalue weighted by Gasteiger charge is -2.22. The van der Waals surface area contributed by atoms with E-state index in [0.29, 0.717) is 0 Å². The Balaban J connectivity index is 1.11. The smallest absolute Gasteiger partial charge is 0.0708 e. The highest BCUT2D eigenvalue weighted by Gasteiger charge is 2.25. The van der Waals surface area contributed by atoms with Gasteiger partial charge in [-0.25, -0.2) is 0 Å². The molecule has 2 aromatic heterocycles. The fourth-order valence-corrected chi connectivity index (χ4v) is 11.4. The summed E-state index contributed by atoms with van der Waals surface area (Å²) in [4.78, 5) is 10.4. The van der Waals surface area contributed by atoms with Gasteiger partial charge in [-0.1, -0.05) is 206 Å². The first kappa shape index (κ1) is 36.7. The van der Waals surface area contributed by atoms with Crippen molar-refractivity contribution in [1.29, 1.82) is 0 Å². The number of aromatic nitrogens is 2. The Hall–Kier alpha value is -8.72. The number of benzene rings is 12. The number of nitrogens with zero attached hydrogens (tertiary/aromatic N) is 2. The number of hydrogen-bond acceptors (Lipinski definition) is 2. The lowest BCUT2D eigenvalue weighted by atomic mass is 9.81. The van der Waals surface area contributed by atoms with E-state index in [1.54, 1.807) is 0 Å². The second-order valence-corrected chi connectivity index (χ2v) is 17.5. The number of hydrogen-bond donors (Lipinski definition) is 0. The van der Waals surface area contributed by atoms with E-state index in [1.807, 2.05) is 0 Å². The van der Waals surface area contributed by atoms with E-state index < -0.39 is 0 Å². The zero-order valence-electron chi connectivity index (χ0n) is 35.8. The molecule has 0 aliphatic rings. The molecule has 0 unspecified atom stereocenters. The topological polar surface area (TPSA) is 25.8 Å². The van der Waals surface area contributed by atoms with Crippen LogP contribution in [-0.2, 0) is 0 Å². The van der Waals surface area contributed by atoms with E-state index in [2.05, 4.69) is 231 Å². The van der Waals surface area contributed by atoms with Gasteiger partial charge in [-0.05, 0) is 111 Å². The van der Waals surface area contributed by atoms with Gasteiger partial charge in [-0.3, -0.25) is 9.97 Å². The lowest BCUT2D eigenvalue weighted by molar-refractivity contribution is 1.45. The van der Waals surface area contributed by atoms with E-state index in [4.69, 9.17) is 9.97 Å². The number of fused-ring (bicyclic) bond motifs is 11. The van der Waals surface area contributed by atoms with Gasteiger partial charge in [0.05, 0.1) is 11.0 Å². The fourth-order valence-electron chi connectivity index (χ4n) is 11.4. The monoisotopic (exact) mass is 834 g/mol. The molecule has 2 nitrogen and oxygen atoms in total. The van der Waals surface area contributed by atoms with Crippen molar-refractivity contribution in [3.8, 4) is 44.5 Å². The highest BCUT2D eigenvalue weighted by atomic mass is 14.7. The van der Waals surface area contributed by atoms with Crippen molar-refractivity contribution in [1.82, 2.24) is 9.97 Å². The molecule has 304 valence electrons. The predicted octanol–water partition coefficient (Wildman–Crippen LogP) is 17.5. The summed E-state index contributed by atoms with van der Waals surface area (Å²) in [5, 5.41) is 19.2. The Morgan fingerprint density at radius 3 is 0.924 bits per heavy atom. The zero-order chi connectivity index (χ0) is 43.3. The van der Waals surface area contributed by atoms with Crippen molar-refractivity contribution in [3.63, 3.8) is 0 Å². The highest BCUT2D eigenvalue weighted by molar-refractivity contribution is 6.33. The fraction of sp³-hybridized carbons (Fsp3) is 0. The maximum absolute atomic E-state index is 5.18. The first-order chi connectivity index (χ1) is 32.8. The molecule has 0 radical (unpaired) electrons. The summed E-state index contributed by atoms with van der Waals surface area (Å²) < 4.78 is 0. The summed E-state index contributed by atoms with van der Waals surface area (Å²) in [5.74, 6) is 0.